The largest absolute Gasteiger partial charge is 0.494 e. The van der Waals surface area contributed by atoms with E-state index in [0.717, 1.165) is 43.5 Å². The number of carbonyl (C=O) groups is 2. The number of methoxy groups -OCH3 is 1. The lowest BCUT2D eigenvalue weighted by Crippen LogP contribution is -2.47. The van der Waals surface area contributed by atoms with Crippen molar-refractivity contribution in [3.63, 3.8) is 0 Å². The van der Waals surface area contributed by atoms with Gasteiger partial charge in [-0.3, -0.25) is 14.5 Å². The third-order valence-electron chi connectivity index (χ3n) is 5.86. The van der Waals surface area contributed by atoms with E-state index in [1.165, 1.54) is 13.2 Å². The Morgan fingerprint density at radius 3 is 2.50 bits per heavy atom. The minimum atomic E-state index is -0.432. The van der Waals surface area contributed by atoms with Gasteiger partial charge in [0.05, 0.1) is 13.7 Å². The molecule has 1 aliphatic rings. The summed E-state index contributed by atoms with van der Waals surface area (Å²) >= 11 is 0. The number of rotatable bonds is 9. The van der Waals surface area contributed by atoms with Gasteiger partial charge in [0, 0.05) is 39.1 Å². The van der Waals surface area contributed by atoms with E-state index >= 15 is 0 Å². The van der Waals surface area contributed by atoms with Gasteiger partial charge in [0.1, 0.15) is 0 Å². The van der Waals surface area contributed by atoms with E-state index in [4.69, 9.17) is 4.74 Å². The molecule has 172 valence electrons. The first-order chi connectivity index (χ1) is 15.4. The van der Waals surface area contributed by atoms with Crippen LogP contribution in [0.15, 0.2) is 48.5 Å². The summed E-state index contributed by atoms with van der Waals surface area (Å²) in [6.45, 7) is 2.19. The van der Waals surface area contributed by atoms with Crippen molar-refractivity contribution in [3.05, 3.63) is 65.5 Å². The van der Waals surface area contributed by atoms with Gasteiger partial charge in [-0.25, -0.2) is 4.39 Å². The Morgan fingerprint density at radius 1 is 1.12 bits per heavy atom. The number of benzene rings is 2. The average Bonchev–Trinajstić information content (AvgIpc) is 2.80. The predicted molar refractivity (Wildman–Crippen MR) is 122 cm³/mol. The van der Waals surface area contributed by atoms with Crippen molar-refractivity contribution in [2.75, 3.05) is 33.8 Å². The lowest BCUT2D eigenvalue weighted by Gasteiger charge is -2.33. The fourth-order valence-corrected chi connectivity index (χ4v) is 3.92. The molecule has 1 N–H and O–H groups in total. The van der Waals surface area contributed by atoms with Crippen LogP contribution in [0.5, 0.6) is 5.75 Å². The van der Waals surface area contributed by atoms with Crippen molar-refractivity contribution in [2.24, 2.45) is 0 Å². The smallest absolute Gasteiger partial charge is 0.236 e. The average molecular weight is 442 g/mol. The zero-order valence-corrected chi connectivity index (χ0v) is 18.9. The number of aryl methyl sites for hydroxylation is 1. The number of carbonyl (C=O) groups excluding carboxylic acids is 2. The molecule has 0 aromatic heterocycles. The highest BCUT2D eigenvalue weighted by atomic mass is 19.1. The van der Waals surface area contributed by atoms with E-state index in [1.807, 2.05) is 30.3 Å². The van der Waals surface area contributed by atoms with Crippen LogP contribution in [0.25, 0.3) is 0 Å². The fourth-order valence-electron chi connectivity index (χ4n) is 3.92. The molecule has 2 aromatic rings. The molecule has 2 aromatic carbocycles. The van der Waals surface area contributed by atoms with Gasteiger partial charge < -0.3 is 15.0 Å². The summed E-state index contributed by atoms with van der Waals surface area (Å²) in [5, 5.41) is 3.13. The standard InChI is InChI=1S/C25H32FN3O3/c1-28(17-20-8-10-23(32-2)22(26)16-20)25(31)18-29-14-12-21(13-15-29)27-24(30)11-9-19-6-4-3-5-7-19/h3-8,10,16,21H,9,11-15,17-18H2,1-2H3,(H,27,30). The number of amides is 2. The number of nitrogens with one attached hydrogen (secondary N) is 1. The van der Waals surface area contributed by atoms with Gasteiger partial charge in [-0.05, 0) is 42.5 Å². The summed E-state index contributed by atoms with van der Waals surface area (Å²) in [7, 11) is 3.15. The van der Waals surface area contributed by atoms with Crippen molar-refractivity contribution >= 4 is 11.8 Å². The molecule has 6 nitrogen and oxygen atoms in total. The topological polar surface area (TPSA) is 61.9 Å². The van der Waals surface area contributed by atoms with Crippen molar-refractivity contribution in [2.45, 2.75) is 38.3 Å². The first kappa shape index (κ1) is 23.7. The molecule has 1 fully saturated rings. The van der Waals surface area contributed by atoms with Gasteiger partial charge in [-0.15, -0.1) is 0 Å². The van der Waals surface area contributed by atoms with Crippen LogP contribution in [0.1, 0.15) is 30.4 Å². The van der Waals surface area contributed by atoms with Gasteiger partial charge in [0.15, 0.2) is 11.6 Å². The fraction of sp³-hybridized carbons (Fsp3) is 0.440. The van der Waals surface area contributed by atoms with E-state index in [-0.39, 0.29) is 23.6 Å². The van der Waals surface area contributed by atoms with Crippen LogP contribution in [0.3, 0.4) is 0 Å². The Balaban J connectivity index is 1.37. The lowest BCUT2D eigenvalue weighted by atomic mass is 10.0. The van der Waals surface area contributed by atoms with Gasteiger partial charge in [-0.2, -0.15) is 0 Å². The Bertz CT molecular complexity index is 899. The first-order valence-corrected chi connectivity index (χ1v) is 11.1. The molecule has 0 radical (unpaired) electrons. The second-order valence-electron chi connectivity index (χ2n) is 8.32. The van der Waals surface area contributed by atoms with Crippen LogP contribution in [0, 0.1) is 5.82 Å². The summed E-state index contributed by atoms with van der Waals surface area (Å²) in [5.41, 5.74) is 1.88. The molecular formula is C25H32FN3O3. The zero-order chi connectivity index (χ0) is 22.9. The predicted octanol–water partition coefficient (Wildman–Crippen LogP) is 3.01. The summed E-state index contributed by atoms with van der Waals surface area (Å²) in [4.78, 5) is 28.6. The monoisotopic (exact) mass is 441 g/mol. The third-order valence-corrected chi connectivity index (χ3v) is 5.86. The number of likely N-dealkylation sites (N-methyl/N-ethyl adjacent to an activating group) is 1. The van der Waals surface area contributed by atoms with Gasteiger partial charge >= 0.3 is 0 Å². The minimum Gasteiger partial charge on any atom is -0.494 e. The van der Waals surface area contributed by atoms with Crippen molar-refractivity contribution < 1.29 is 18.7 Å². The molecule has 2 amide bonds. The first-order valence-electron chi connectivity index (χ1n) is 11.1. The highest BCUT2D eigenvalue weighted by molar-refractivity contribution is 5.78. The molecule has 1 saturated heterocycles. The summed E-state index contributed by atoms with van der Waals surface area (Å²) in [5.74, 6) is -0.169. The molecule has 0 aliphatic carbocycles. The van der Waals surface area contributed by atoms with Crippen LogP contribution >= 0.6 is 0 Å². The summed E-state index contributed by atoms with van der Waals surface area (Å²) in [6.07, 6.45) is 2.89. The Morgan fingerprint density at radius 2 is 1.84 bits per heavy atom. The van der Waals surface area contributed by atoms with E-state index in [1.54, 1.807) is 24.1 Å². The molecule has 0 unspecified atom stereocenters. The molecule has 1 heterocycles. The van der Waals surface area contributed by atoms with Crippen molar-refractivity contribution in [1.29, 1.82) is 0 Å². The normalized spacial score (nSPS) is 14.7. The number of nitrogens with zero attached hydrogens (tertiary/aromatic N) is 2. The van der Waals surface area contributed by atoms with E-state index in [2.05, 4.69) is 10.2 Å². The summed E-state index contributed by atoms with van der Waals surface area (Å²) < 4.78 is 18.8. The highest BCUT2D eigenvalue weighted by Crippen LogP contribution is 2.19. The Kier molecular flexibility index (Phi) is 8.62. The third kappa shape index (κ3) is 7.05. The quantitative estimate of drug-likeness (QED) is 0.650. The van der Waals surface area contributed by atoms with E-state index < -0.39 is 5.82 Å². The number of hydrogen-bond donors (Lipinski definition) is 1. The lowest BCUT2D eigenvalue weighted by molar-refractivity contribution is -0.132. The molecular weight excluding hydrogens is 409 g/mol. The maximum Gasteiger partial charge on any atom is 0.236 e. The molecule has 0 saturated carbocycles. The van der Waals surface area contributed by atoms with Crippen molar-refractivity contribution in [3.8, 4) is 5.75 Å². The van der Waals surface area contributed by atoms with E-state index in [0.29, 0.717) is 19.5 Å². The Labute approximate surface area is 189 Å². The van der Waals surface area contributed by atoms with Gasteiger partial charge in [0.25, 0.3) is 0 Å². The van der Waals surface area contributed by atoms with E-state index in [9.17, 15) is 14.0 Å². The number of ether oxygens (including phenoxy) is 1. The van der Waals surface area contributed by atoms with Gasteiger partial charge in [-0.1, -0.05) is 36.4 Å². The second-order valence-corrected chi connectivity index (χ2v) is 8.32. The number of halogens is 1. The molecule has 32 heavy (non-hydrogen) atoms. The SMILES string of the molecule is COc1ccc(CN(C)C(=O)CN2CCC(NC(=O)CCc3ccccc3)CC2)cc1F. The van der Waals surface area contributed by atoms with Crippen LogP contribution in [0.4, 0.5) is 4.39 Å². The number of hydrogen-bond acceptors (Lipinski definition) is 4. The minimum absolute atomic E-state index is 0.00780. The molecule has 1 aliphatic heterocycles. The number of piperidine rings is 1. The van der Waals surface area contributed by atoms with Crippen LogP contribution < -0.4 is 10.1 Å². The number of likely N-dealkylation sites (tertiary alicyclic amines) is 1. The van der Waals surface area contributed by atoms with Crippen LogP contribution in [-0.2, 0) is 22.6 Å². The van der Waals surface area contributed by atoms with Crippen molar-refractivity contribution in [1.82, 2.24) is 15.1 Å². The summed E-state index contributed by atoms with van der Waals surface area (Å²) in [6, 6.07) is 14.9. The molecule has 0 bridgehead atoms. The highest BCUT2D eigenvalue weighted by Gasteiger charge is 2.23. The van der Waals surface area contributed by atoms with Crippen LogP contribution in [0.2, 0.25) is 0 Å². The molecule has 7 heteroatoms. The zero-order valence-electron chi connectivity index (χ0n) is 18.9. The molecule has 0 atom stereocenters. The van der Waals surface area contributed by atoms with Gasteiger partial charge in [0.2, 0.25) is 11.8 Å². The van der Waals surface area contributed by atoms with Crippen LogP contribution in [-0.4, -0.2) is 61.4 Å². The second kappa shape index (κ2) is 11.6. The maximum atomic E-state index is 13.9. The maximum absolute atomic E-state index is 13.9. The Hall–Kier alpha value is -2.93. The molecule has 0 spiro atoms. The molecule has 3 rings (SSSR count).